The maximum atomic E-state index is 12.7. The molecule has 1 aromatic carbocycles. The molecule has 0 bridgehead atoms. The Morgan fingerprint density at radius 1 is 1.29 bits per heavy atom. The third-order valence-corrected chi connectivity index (χ3v) is 5.42. The fraction of sp³-hybridized carbons (Fsp3) is 0.611. The average Bonchev–Trinajstić information content (AvgIpc) is 2.53. The van der Waals surface area contributed by atoms with Crippen LogP contribution in [0.3, 0.4) is 0 Å². The first-order chi connectivity index (χ1) is 10.0. The maximum Gasteiger partial charge on any atom is 0.229 e. The van der Waals surface area contributed by atoms with Crippen molar-refractivity contribution >= 4 is 11.6 Å². The van der Waals surface area contributed by atoms with Crippen molar-refractivity contribution in [2.45, 2.75) is 52.4 Å². The van der Waals surface area contributed by atoms with Gasteiger partial charge in [-0.05, 0) is 42.9 Å². The molecule has 1 fully saturated rings. The van der Waals surface area contributed by atoms with Crippen molar-refractivity contribution in [2.75, 3.05) is 18.8 Å². The second kappa shape index (κ2) is 6.50. The van der Waals surface area contributed by atoms with Gasteiger partial charge in [0.1, 0.15) is 0 Å². The van der Waals surface area contributed by atoms with Gasteiger partial charge >= 0.3 is 0 Å². The van der Waals surface area contributed by atoms with Gasteiger partial charge in [0.15, 0.2) is 0 Å². The van der Waals surface area contributed by atoms with Gasteiger partial charge in [0.2, 0.25) is 5.91 Å². The zero-order chi connectivity index (χ0) is 15.5. The predicted octanol–water partition coefficient (Wildman–Crippen LogP) is 3.80. The van der Waals surface area contributed by atoms with Gasteiger partial charge in [0.05, 0.1) is 5.92 Å². The molecule has 0 spiro atoms. The van der Waals surface area contributed by atoms with Gasteiger partial charge in [-0.1, -0.05) is 38.8 Å². The van der Waals surface area contributed by atoms with Crippen LogP contribution in [0.15, 0.2) is 24.3 Å². The van der Waals surface area contributed by atoms with E-state index in [2.05, 4.69) is 13.8 Å². The lowest BCUT2D eigenvalue weighted by Crippen LogP contribution is -2.44. The number of nitrogen functional groups attached to an aromatic ring is 1. The zero-order valence-corrected chi connectivity index (χ0v) is 13.6. The summed E-state index contributed by atoms with van der Waals surface area (Å²) in [5.74, 6) is 0.130. The summed E-state index contributed by atoms with van der Waals surface area (Å²) in [6, 6.07) is 7.68. The van der Waals surface area contributed by atoms with Crippen LogP contribution in [-0.4, -0.2) is 23.9 Å². The third-order valence-electron chi connectivity index (χ3n) is 5.42. The minimum absolute atomic E-state index is 0.107. The Morgan fingerprint density at radius 3 is 2.43 bits per heavy atom. The van der Waals surface area contributed by atoms with Crippen LogP contribution in [0.2, 0.25) is 0 Å². The van der Waals surface area contributed by atoms with Crippen LogP contribution in [0, 0.1) is 5.41 Å². The Morgan fingerprint density at radius 2 is 1.90 bits per heavy atom. The molecule has 0 saturated carbocycles. The fourth-order valence-corrected chi connectivity index (χ4v) is 3.40. The predicted molar refractivity (Wildman–Crippen MR) is 88.1 cm³/mol. The summed E-state index contributed by atoms with van der Waals surface area (Å²) in [6.07, 6.45) is 4.71. The number of hydrogen-bond acceptors (Lipinski definition) is 2. The first-order valence-corrected chi connectivity index (χ1v) is 8.15. The molecule has 0 aliphatic carbocycles. The molecular formula is C18H28N2O. The van der Waals surface area contributed by atoms with E-state index in [1.54, 1.807) is 0 Å². The second-order valence-electron chi connectivity index (χ2n) is 6.42. The van der Waals surface area contributed by atoms with Crippen molar-refractivity contribution in [3.8, 4) is 0 Å². The number of likely N-dealkylation sites (tertiary alicyclic amines) is 1. The smallest absolute Gasteiger partial charge is 0.229 e. The number of rotatable bonds is 4. The summed E-state index contributed by atoms with van der Waals surface area (Å²) in [5, 5.41) is 0. The van der Waals surface area contributed by atoms with E-state index in [4.69, 9.17) is 5.73 Å². The van der Waals surface area contributed by atoms with Crippen LogP contribution in [0.4, 0.5) is 5.69 Å². The van der Waals surface area contributed by atoms with E-state index >= 15 is 0 Å². The van der Waals surface area contributed by atoms with Gasteiger partial charge in [-0.3, -0.25) is 4.79 Å². The molecule has 2 rings (SSSR count). The summed E-state index contributed by atoms with van der Waals surface area (Å²) < 4.78 is 0. The molecule has 21 heavy (non-hydrogen) atoms. The van der Waals surface area contributed by atoms with Crippen LogP contribution in [0.5, 0.6) is 0 Å². The number of nitrogens with two attached hydrogens (primary N) is 1. The summed E-state index contributed by atoms with van der Waals surface area (Å²) in [7, 11) is 0. The summed E-state index contributed by atoms with van der Waals surface area (Å²) in [6.45, 7) is 8.33. The van der Waals surface area contributed by atoms with Crippen molar-refractivity contribution in [1.29, 1.82) is 0 Å². The minimum Gasteiger partial charge on any atom is -0.399 e. The normalized spacial score (nSPS) is 19.3. The first-order valence-electron chi connectivity index (χ1n) is 8.15. The molecule has 0 aromatic heterocycles. The van der Waals surface area contributed by atoms with Gasteiger partial charge in [0.25, 0.3) is 0 Å². The van der Waals surface area contributed by atoms with Gasteiger partial charge in [0, 0.05) is 18.8 Å². The SMILES string of the molecule is CCC1(CC)CCN(C(=O)C(C)c2cccc(N)c2)CC1. The van der Waals surface area contributed by atoms with Crippen molar-refractivity contribution in [2.24, 2.45) is 5.41 Å². The Kier molecular flexibility index (Phi) is 4.92. The molecule has 1 heterocycles. The van der Waals surface area contributed by atoms with Crippen LogP contribution in [0.1, 0.15) is 57.9 Å². The van der Waals surface area contributed by atoms with E-state index in [1.807, 2.05) is 36.1 Å². The topological polar surface area (TPSA) is 46.3 Å². The first kappa shape index (κ1) is 15.9. The molecule has 1 atom stereocenters. The molecule has 116 valence electrons. The Bertz CT molecular complexity index is 484. The second-order valence-corrected chi connectivity index (χ2v) is 6.42. The van der Waals surface area contributed by atoms with Gasteiger partial charge in [-0.25, -0.2) is 0 Å². The van der Waals surface area contributed by atoms with E-state index in [0.29, 0.717) is 5.41 Å². The molecule has 2 N–H and O–H groups in total. The highest BCUT2D eigenvalue weighted by Gasteiger charge is 2.34. The van der Waals surface area contributed by atoms with Gasteiger partial charge < -0.3 is 10.6 Å². The van der Waals surface area contributed by atoms with Crippen molar-refractivity contribution in [3.63, 3.8) is 0 Å². The van der Waals surface area contributed by atoms with Crippen molar-refractivity contribution < 1.29 is 4.79 Å². The summed E-state index contributed by atoms with van der Waals surface area (Å²) in [5.41, 5.74) is 8.02. The number of piperidine rings is 1. The molecule has 3 heteroatoms. The fourth-order valence-electron chi connectivity index (χ4n) is 3.40. The quantitative estimate of drug-likeness (QED) is 0.857. The lowest BCUT2D eigenvalue weighted by atomic mass is 9.74. The lowest BCUT2D eigenvalue weighted by Gasteiger charge is -2.41. The monoisotopic (exact) mass is 288 g/mol. The highest BCUT2D eigenvalue weighted by Crippen LogP contribution is 2.38. The standard InChI is InChI=1S/C18H28N2O/c1-4-18(5-2)9-11-20(12-10-18)17(21)14(3)15-7-6-8-16(19)13-15/h6-8,13-14H,4-5,9-12,19H2,1-3H3. The number of amides is 1. The molecular weight excluding hydrogens is 260 g/mol. The van der Waals surface area contributed by atoms with Crippen molar-refractivity contribution in [1.82, 2.24) is 4.90 Å². The zero-order valence-electron chi connectivity index (χ0n) is 13.6. The van der Waals surface area contributed by atoms with Crippen LogP contribution in [-0.2, 0) is 4.79 Å². The lowest BCUT2D eigenvalue weighted by molar-refractivity contribution is -0.134. The number of nitrogens with zero attached hydrogens (tertiary/aromatic N) is 1. The molecule has 1 aromatic rings. The molecule has 1 unspecified atom stereocenters. The van der Waals surface area contributed by atoms with E-state index in [-0.39, 0.29) is 11.8 Å². The highest BCUT2D eigenvalue weighted by atomic mass is 16.2. The van der Waals surface area contributed by atoms with Gasteiger partial charge in [-0.15, -0.1) is 0 Å². The largest absolute Gasteiger partial charge is 0.399 e. The highest BCUT2D eigenvalue weighted by molar-refractivity contribution is 5.83. The van der Waals surface area contributed by atoms with E-state index in [9.17, 15) is 4.79 Å². The molecule has 1 saturated heterocycles. The Labute approximate surface area is 128 Å². The molecule has 1 aliphatic rings. The van der Waals surface area contributed by atoms with E-state index in [0.717, 1.165) is 37.2 Å². The summed E-state index contributed by atoms with van der Waals surface area (Å²) >= 11 is 0. The number of carbonyl (C=O) groups is 1. The number of hydrogen-bond donors (Lipinski definition) is 1. The number of benzene rings is 1. The molecule has 0 radical (unpaired) electrons. The molecule has 1 amide bonds. The summed E-state index contributed by atoms with van der Waals surface area (Å²) in [4.78, 5) is 14.7. The average molecular weight is 288 g/mol. The maximum absolute atomic E-state index is 12.7. The number of anilines is 1. The van der Waals surface area contributed by atoms with Crippen LogP contribution in [0.25, 0.3) is 0 Å². The third kappa shape index (κ3) is 3.39. The minimum atomic E-state index is -0.107. The Balaban J connectivity index is 2.02. The van der Waals surface area contributed by atoms with E-state index in [1.165, 1.54) is 12.8 Å². The van der Waals surface area contributed by atoms with Crippen LogP contribution >= 0.6 is 0 Å². The van der Waals surface area contributed by atoms with Gasteiger partial charge in [-0.2, -0.15) is 0 Å². The molecule has 3 nitrogen and oxygen atoms in total. The van der Waals surface area contributed by atoms with Crippen LogP contribution < -0.4 is 5.73 Å². The van der Waals surface area contributed by atoms with E-state index < -0.39 is 0 Å². The Hall–Kier alpha value is -1.51. The van der Waals surface area contributed by atoms with Crippen molar-refractivity contribution in [3.05, 3.63) is 29.8 Å². The molecule has 1 aliphatic heterocycles. The number of carbonyl (C=O) groups excluding carboxylic acids is 1.